The fraction of sp³-hybridized carbons (Fsp3) is 0.357. The molecular weight excluding hydrogens is 268 g/mol. The maximum atomic E-state index is 12.5. The van der Waals surface area contributed by atoms with E-state index >= 15 is 0 Å². The zero-order valence-electron chi connectivity index (χ0n) is 12.5. The first-order valence-corrected chi connectivity index (χ1v) is 6.74. The van der Waals surface area contributed by atoms with Gasteiger partial charge in [0.25, 0.3) is 5.91 Å². The fourth-order valence-electron chi connectivity index (χ4n) is 2.02. The molecule has 0 atom stereocenters. The maximum absolute atomic E-state index is 12.5. The lowest BCUT2D eigenvalue weighted by Gasteiger charge is -2.17. The first-order valence-electron chi connectivity index (χ1n) is 6.74. The number of amides is 1. The molecule has 2 rings (SSSR count). The number of nitrogens with one attached hydrogen (secondary N) is 1. The fourth-order valence-corrected chi connectivity index (χ4v) is 2.02. The Balaban J connectivity index is 2.20. The van der Waals surface area contributed by atoms with Crippen molar-refractivity contribution in [2.75, 3.05) is 12.5 Å². The summed E-state index contributed by atoms with van der Waals surface area (Å²) in [5.74, 6) is 6.62. The average molecular weight is 288 g/mol. The minimum absolute atomic E-state index is 0.0911. The van der Waals surface area contributed by atoms with Gasteiger partial charge >= 0.3 is 0 Å². The van der Waals surface area contributed by atoms with Crippen molar-refractivity contribution >= 4 is 11.7 Å². The summed E-state index contributed by atoms with van der Waals surface area (Å²) in [5.41, 5.74) is 3.87. The molecule has 0 aliphatic carbocycles. The number of imidazole rings is 1. The lowest BCUT2D eigenvalue weighted by molar-refractivity contribution is 0.0780. The van der Waals surface area contributed by atoms with Gasteiger partial charge in [-0.2, -0.15) is 0 Å². The standard InChI is InChI=1S/C14H20N6O/c1-4-11-7-10(8-12(17-11)18-15)14(21)20(3)9-13-16-5-6-19(13)2/h5-8H,4,9,15H2,1-3H3,(H,17,18). The van der Waals surface area contributed by atoms with Crippen LogP contribution in [0.4, 0.5) is 5.82 Å². The Hall–Kier alpha value is -2.41. The zero-order valence-corrected chi connectivity index (χ0v) is 12.5. The van der Waals surface area contributed by atoms with E-state index in [1.807, 2.05) is 24.7 Å². The van der Waals surface area contributed by atoms with E-state index < -0.39 is 0 Å². The minimum Gasteiger partial charge on any atom is -0.337 e. The molecule has 0 aromatic carbocycles. The van der Waals surface area contributed by atoms with Crippen LogP contribution in [0.15, 0.2) is 24.5 Å². The van der Waals surface area contributed by atoms with Crippen LogP contribution in [0.1, 0.15) is 28.8 Å². The molecule has 2 heterocycles. The van der Waals surface area contributed by atoms with Crippen molar-refractivity contribution in [1.82, 2.24) is 19.4 Å². The molecule has 3 N–H and O–H groups in total. The van der Waals surface area contributed by atoms with Crippen molar-refractivity contribution in [3.05, 3.63) is 41.6 Å². The van der Waals surface area contributed by atoms with Gasteiger partial charge in [-0.3, -0.25) is 4.79 Å². The van der Waals surface area contributed by atoms with E-state index in [0.29, 0.717) is 17.9 Å². The first kappa shape index (κ1) is 15.0. The van der Waals surface area contributed by atoms with Crippen molar-refractivity contribution in [3.63, 3.8) is 0 Å². The molecule has 0 saturated carbocycles. The third-order valence-corrected chi connectivity index (χ3v) is 3.28. The topological polar surface area (TPSA) is 89.1 Å². The van der Waals surface area contributed by atoms with Crippen LogP contribution in [-0.4, -0.2) is 32.4 Å². The van der Waals surface area contributed by atoms with E-state index in [-0.39, 0.29) is 5.91 Å². The van der Waals surface area contributed by atoms with Gasteiger partial charge in [0.1, 0.15) is 11.6 Å². The molecule has 0 unspecified atom stereocenters. The Morgan fingerprint density at radius 2 is 2.24 bits per heavy atom. The van der Waals surface area contributed by atoms with Crippen LogP contribution in [0, 0.1) is 0 Å². The van der Waals surface area contributed by atoms with Gasteiger partial charge in [0.05, 0.1) is 6.54 Å². The van der Waals surface area contributed by atoms with Gasteiger partial charge in [0.15, 0.2) is 0 Å². The number of aryl methyl sites for hydroxylation is 2. The van der Waals surface area contributed by atoms with E-state index in [0.717, 1.165) is 17.9 Å². The summed E-state index contributed by atoms with van der Waals surface area (Å²) in [6, 6.07) is 3.44. The van der Waals surface area contributed by atoms with E-state index in [9.17, 15) is 4.79 Å². The number of carbonyl (C=O) groups excluding carboxylic acids is 1. The normalized spacial score (nSPS) is 10.5. The van der Waals surface area contributed by atoms with Gasteiger partial charge in [-0.15, -0.1) is 0 Å². The van der Waals surface area contributed by atoms with Crippen molar-refractivity contribution in [3.8, 4) is 0 Å². The lowest BCUT2D eigenvalue weighted by atomic mass is 10.1. The second kappa shape index (κ2) is 6.36. The molecule has 21 heavy (non-hydrogen) atoms. The van der Waals surface area contributed by atoms with Gasteiger partial charge in [0.2, 0.25) is 0 Å². The van der Waals surface area contributed by atoms with Crippen LogP contribution < -0.4 is 11.3 Å². The molecule has 0 spiro atoms. The van der Waals surface area contributed by atoms with Crippen molar-refractivity contribution in [2.45, 2.75) is 19.9 Å². The average Bonchev–Trinajstić information content (AvgIpc) is 2.90. The Bertz CT molecular complexity index is 614. The molecule has 112 valence electrons. The molecule has 0 bridgehead atoms. The van der Waals surface area contributed by atoms with Crippen LogP contribution >= 0.6 is 0 Å². The number of nitrogen functional groups attached to an aromatic ring is 1. The van der Waals surface area contributed by atoms with Gasteiger partial charge < -0.3 is 14.9 Å². The number of hydrogen-bond acceptors (Lipinski definition) is 5. The van der Waals surface area contributed by atoms with Crippen LogP contribution in [0.25, 0.3) is 0 Å². The Kier molecular flexibility index (Phi) is 4.54. The summed E-state index contributed by atoms with van der Waals surface area (Å²) in [6.45, 7) is 2.42. The smallest absolute Gasteiger partial charge is 0.254 e. The molecule has 2 aromatic rings. The van der Waals surface area contributed by atoms with E-state index in [1.54, 1.807) is 30.3 Å². The Morgan fingerprint density at radius 1 is 1.48 bits per heavy atom. The monoisotopic (exact) mass is 288 g/mol. The van der Waals surface area contributed by atoms with E-state index in [4.69, 9.17) is 5.84 Å². The lowest BCUT2D eigenvalue weighted by Crippen LogP contribution is -2.28. The van der Waals surface area contributed by atoms with E-state index in [1.165, 1.54) is 0 Å². The number of rotatable bonds is 5. The number of nitrogens with two attached hydrogens (primary N) is 1. The summed E-state index contributed by atoms with van der Waals surface area (Å²) in [7, 11) is 3.65. The van der Waals surface area contributed by atoms with Crippen molar-refractivity contribution < 1.29 is 4.79 Å². The predicted molar refractivity (Wildman–Crippen MR) is 80.4 cm³/mol. The number of hydrazine groups is 1. The number of nitrogens with zero attached hydrogens (tertiary/aromatic N) is 4. The number of aromatic nitrogens is 3. The molecule has 0 aliphatic heterocycles. The zero-order chi connectivity index (χ0) is 15.4. The number of carbonyl (C=O) groups is 1. The molecule has 0 aliphatic rings. The summed E-state index contributed by atoms with van der Waals surface area (Å²) >= 11 is 0. The highest BCUT2D eigenvalue weighted by molar-refractivity contribution is 5.94. The summed E-state index contributed by atoms with van der Waals surface area (Å²) < 4.78 is 1.89. The highest BCUT2D eigenvalue weighted by Crippen LogP contribution is 2.13. The molecule has 2 aromatic heterocycles. The van der Waals surface area contributed by atoms with Gasteiger partial charge in [-0.25, -0.2) is 15.8 Å². The highest BCUT2D eigenvalue weighted by Gasteiger charge is 2.15. The van der Waals surface area contributed by atoms with Crippen LogP contribution in [0.3, 0.4) is 0 Å². The molecule has 7 nitrogen and oxygen atoms in total. The number of pyridine rings is 1. The van der Waals surface area contributed by atoms with Crippen molar-refractivity contribution in [2.24, 2.45) is 12.9 Å². The molecule has 7 heteroatoms. The predicted octanol–water partition coefficient (Wildman–Crippen LogP) is 0.935. The molecule has 0 fully saturated rings. The molecule has 0 radical (unpaired) electrons. The van der Waals surface area contributed by atoms with Crippen molar-refractivity contribution in [1.29, 1.82) is 0 Å². The number of anilines is 1. The van der Waals surface area contributed by atoms with Crippen LogP contribution in [-0.2, 0) is 20.0 Å². The summed E-state index contributed by atoms with van der Waals surface area (Å²) in [5, 5.41) is 0. The molecule has 0 saturated heterocycles. The molecular formula is C14H20N6O. The third-order valence-electron chi connectivity index (χ3n) is 3.28. The maximum Gasteiger partial charge on any atom is 0.254 e. The largest absolute Gasteiger partial charge is 0.337 e. The Labute approximate surface area is 123 Å². The summed E-state index contributed by atoms with van der Waals surface area (Å²) in [4.78, 5) is 22.6. The quantitative estimate of drug-likeness (QED) is 0.631. The third kappa shape index (κ3) is 3.38. The molecule has 1 amide bonds. The second-order valence-corrected chi connectivity index (χ2v) is 4.85. The van der Waals surface area contributed by atoms with Gasteiger partial charge in [-0.05, 0) is 18.6 Å². The summed E-state index contributed by atoms with van der Waals surface area (Å²) in [6.07, 6.45) is 4.30. The first-order chi connectivity index (χ1) is 10.0. The van der Waals surface area contributed by atoms with Gasteiger partial charge in [-0.1, -0.05) is 6.92 Å². The minimum atomic E-state index is -0.0911. The SMILES string of the molecule is CCc1cc(C(=O)N(C)Cc2nccn2C)cc(NN)n1. The van der Waals surface area contributed by atoms with Gasteiger partial charge in [0, 0.05) is 37.7 Å². The Morgan fingerprint density at radius 3 is 2.81 bits per heavy atom. The van der Waals surface area contributed by atoms with Crippen LogP contribution in [0.5, 0.6) is 0 Å². The van der Waals surface area contributed by atoms with E-state index in [2.05, 4.69) is 15.4 Å². The van der Waals surface area contributed by atoms with Crippen LogP contribution in [0.2, 0.25) is 0 Å². The number of hydrogen-bond donors (Lipinski definition) is 2. The second-order valence-electron chi connectivity index (χ2n) is 4.85. The highest BCUT2D eigenvalue weighted by atomic mass is 16.2.